The van der Waals surface area contributed by atoms with Crippen LogP contribution in [0.5, 0.6) is 11.5 Å². The zero-order valence-electron chi connectivity index (χ0n) is 26.0. The summed E-state index contributed by atoms with van der Waals surface area (Å²) in [6.45, 7) is 10.8. The van der Waals surface area contributed by atoms with Crippen molar-refractivity contribution in [2.45, 2.75) is 110 Å². The summed E-state index contributed by atoms with van der Waals surface area (Å²) in [5, 5.41) is 30.2. The van der Waals surface area contributed by atoms with Crippen LogP contribution in [0.4, 0.5) is 0 Å². The van der Waals surface area contributed by atoms with Crippen LogP contribution in [0.25, 0.3) is 0 Å². The molecule has 0 saturated heterocycles. The molecule has 0 radical (unpaired) electrons. The summed E-state index contributed by atoms with van der Waals surface area (Å²) in [4.78, 5) is 62.3. The van der Waals surface area contributed by atoms with Crippen molar-refractivity contribution in [1.29, 1.82) is 0 Å². The number of fused-ring (bicyclic) bond motifs is 5. The number of benzene rings is 1. The van der Waals surface area contributed by atoms with Gasteiger partial charge in [-0.3, -0.25) is 19.2 Å². The molecule has 7 atom stereocenters. The van der Waals surface area contributed by atoms with Crippen molar-refractivity contribution >= 4 is 29.8 Å². The normalized spacial score (nSPS) is 32.2. The molecule has 4 aliphatic rings. The van der Waals surface area contributed by atoms with Gasteiger partial charge < -0.3 is 34.4 Å². The third-order valence-corrected chi connectivity index (χ3v) is 10.9. The van der Waals surface area contributed by atoms with Crippen LogP contribution < -0.4 is 4.74 Å². The van der Waals surface area contributed by atoms with Gasteiger partial charge in [-0.25, -0.2) is 4.79 Å². The smallest absolute Gasteiger partial charge is 0.326 e. The molecule has 3 N–H and O–H groups in total. The maximum Gasteiger partial charge on any atom is 0.326 e. The van der Waals surface area contributed by atoms with Gasteiger partial charge in [0.25, 0.3) is 5.91 Å². The van der Waals surface area contributed by atoms with E-state index in [2.05, 4.69) is 13.8 Å². The number of carboxylic acid groups (broad SMARTS) is 2. The second-order valence-corrected chi connectivity index (χ2v) is 13.8. The van der Waals surface area contributed by atoms with Gasteiger partial charge in [0.05, 0.1) is 12.1 Å². The van der Waals surface area contributed by atoms with Gasteiger partial charge in [0.2, 0.25) is 0 Å². The molecule has 1 amide bonds. The molecule has 0 aromatic heterocycles. The second-order valence-electron chi connectivity index (χ2n) is 13.8. The summed E-state index contributed by atoms with van der Waals surface area (Å²) >= 11 is 0. The average Bonchev–Trinajstić information content (AvgIpc) is 3.45. The molecule has 1 aromatic rings. The zero-order chi connectivity index (χ0) is 32.5. The van der Waals surface area contributed by atoms with Gasteiger partial charge in [0.1, 0.15) is 35.3 Å². The van der Waals surface area contributed by atoms with Crippen molar-refractivity contribution in [3.63, 3.8) is 0 Å². The number of amides is 1. The van der Waals surface area contributed by atoms with Crippen LogP contribution in [-0.4, -0.2) is 73.9 Å². The minimum absolute atomic E-state index is 0.0270. The first-order valence-electron chi connectivity index (χ1n) is 15.1. The Bertz CT molecular complexity index is 1440. The van der Waals surface area contributed by atoms with E-state index in [1.165, 1.54) is 19.9 Å². The lowest BCUT2D eigenvalue weighted by Gasteiger charge is -2.65. The van der Waals surface area contributed by atoms with Gasteiger partial charge in [-0.15, -0.1) is 0 Å². The fourth-order valence-corrected chi connectivity index (χ4v) is 9.03. The number of phenolic OH excluding ortho intramolecular Hbond substituents is 1. The highest BCUT2D eigenvalue weighted by Crippen LogP contribution is 2.68. The minimum atomic E-state index is -1.36. The summed E-state index contributed by atoms with van der Waals surface area (Å²) in [5.74, 6) is -3.92. The van der Waals surface area contributed by atoms with Crippen LogP contribution >= 0.6 is 0 Å². The maximum atomic E-state index is 13.5. The Morgan fingerprint density at radius 1 is 1.07 bits per heavy atom. The van der Waals surface area contributed by atoms with E-state index in [0.29, 0.717) is 29.7 Å². The Labute approximate surface area is 255 Å². The summed E-state index contributed by atoms with van der Waals surface area (Å²) in [5.41, 5.74) is -1.05. The molecule has 0 bridgehead atoms. The summed E-state index contributed by atoms with van der Waals surface area (Å²) < 4.78 is 18.6. The van der Waals surface area contributed by atoms with E-state index in [4.69, 9.17) is 19.3 Å². The molecule has 2 saturated carbocycles. The molecule has 1 aromatic carbocycles. The number of ether oxygens (including phenoxy) is 3. The number of rotatable bonds is 7. The highest BCUT2D eigenvalue weighted by atomic mass is 16.6. The number of aromatic hydroxyl groups is 1. The largest absolute Gasteiger partial charge is 0.508 e. The lowest BCUT2D eigenvalue weighted by Crippen LogP contribution is -2.70. The predicted octanol–water partition coefficient (Wildman–Crippen LogP) is 3.69. The van der Waals surface area contributed by atoms with Crippen molar-refractivity contribution < 1.29 is 53.5 Å². The van der Waals surface area contributed by atoms with Crippen LogP contribution in [0, 0.1) is 22.7 Å². The Kier molecular flexibility index (Phi) is 7.65. The highest BCUT2D eigenvalue weighted by Gasteiger charge is 2.70. The SMILES string of the molecule is CC(=O)O[C@@H]1[C@H](OC(C)=O)C[C@@]2(C)C(CC[C@@H](C)[C@]23Cc2c(O)cc4c(c2O3)CN([C@@H](CCC(=O)O)C(=O)O)C4=O)C1(C)C. The van der Waals surface area contributed by atoms with Crippen molar-refractivity contribution in [3.05, 3.63) is 22.8 Å². The topological polar surface area (TPSA) is 177 Å². The molecular weight excluding hydrogens is 574 g/mol. The molecule has 2 fully saturated rings. The zero-order valence-corrected chi connectivity index (χ0v) is 26.0. The van der Waals surface area contributed by atoms with Crippen molar-refractivity contribution in [1.82, 2.24) is 4.90 Å². The van der Waals surface area contributed by atoms with E-state index in [1.807, 2.05) is 13.8 Å². The number of phenols is 1. The molecule has 2 heterocycles. The van der Waals surface area contributed by atoms with E-state index in [-0.39, 0.29) is 36.1 Å². The number of carbonyl (C=O) groups excluding carboxylic acids is 3. The van der Waals surface area contributed by atoms with Gasteiger partial charge in [0, 0.05) is 48.6 Å². The van der Waals surface area contributed by atoms with Crippen LogP contribution in [0.1, 0.15) is 95.1 Å². The quantitative estimate of drug-likeness (QED) is 0.381. The van der Waals surface area contributed by atoms with E-state index < -0.39 is 70.9 Å². The number of hydrogen-bond donors (Lipinski definition) is 3. The molecule has 2 aliphatic carbocycles. The van der Waals surface area contributed by atoms with E-state index >= 15 is 0 Å². The van der Waals surface area contributed by atoms with Crippen molar-refractivity contribution in [2.75, 3.05) is 0 Å². The fourth-order valence-electron chi connectivity index (χ4n) is 9.03. The van der Waals surface area contributed by atoms with Crippen LogP contribution in [0.15, 0.2) is 6.07 Å². The van der Waals surface area contributed by atoms with Crippen LogP contribution in [-0.2, 0) is 41.6 Å². The summed E-state index contributed by atoms with van der Waals surface area (Å²) in [6.07, 6.45) is 0.0985. The number of hydrogen-bond acceptors (Lipinski definition) is 9. The number of carbonyl (C=O) groups is 5. The number of aliphatic carboxylic acids is 2. The van der Waals surface area contributed by atoms with E-state index in [9.17, 15) is 34.2 Å². The Balaban J connectivity index is 1.57. The predicted molar refractivity (Wildman–Crippen MR) is 153 cm³/mol. The standard InChI is InChI=1S/C32H41NO11/c1-15-7-9-24-30(4,5)27(43-17(3)35)23(42-16(2)34)13-31(24,6)32(15)12-19-22(36)11-18-20(26(19)44-32)14-33(28(18)39)21(29(40)41)8-10-25(37)38/h11,15,21,23-24,27,36H,7-10,12-14H2,1-6H3,(H,37,38)(H,40,41)/t15-,21+,23-,24?,27-,31+,32-/m1/s1. The molecular formula is C32H41NO11. The molecule has 5 rings (SSSR count). The van der Waals surface area contributed by atoms with Gasteiger partial charge in [-0.1, -0.05) is 27.7 Å². The number of esters is 2. The molecule has 2 aliphatic heterocycles. The maximum absolute atomic E-state index is 13.5. The van der Waals surface area contributed by atoms with Gasteiger partial charge >= 0.3 is 23.9 Å². The molecule has 12 nitrogen and oxygen atoms in total. The lowest BCUT2D eigenvalue weighted by atomic mass is 9.43. The Hall–Kier alpha value is -3.83. The lowest BCUT2D eigenvalue weighted by molar-refractivity contribution is -0.251. The Morgan fingerprint density at radius 3 is 2.32 bits per heavy atom. The monoisotopic (exact) mass is 615 g/mol. The average molecular weight is 616 g/mol. The van der Waals surface area contributed by atoms with Gasteiger partial charge in [-0.2, -0.15) is 0 Å². The first-order valence-corrected chi connectivity index (χ1v) is 15.1. The molecule has 240 valence electrons. The first kappa shape index (κ1) is 31.6. The van der Waals surface area contributed by atoms with Gasteiger partial charge in [0.15, 0.2) is 0 Å². The molecule has 1 unspecified atom stereocenters. The minimum Gasteiger partial charge on any atom is -0.508 e. The summed E-state index contributed by atoms with van der Waals surface area (Å²) in [6, 6.07) is -0.0117. The fraction of sp³-hybridized carbons (Fsp3) is 0.656. The first-order chi connectivity index (χ1) is 20.4. The van der Waals surface area contributed by atoms with Crippen molar-refractivity contribution in [2.24, 2.45) is 22.7 Å². The van der Waals surface area contributed by atoms with E-state index in [1.54, 1.807) is 0 Å². The summed E-state index contributed by atoms with van der Waals surface area (Å²) in [7, 11) is 0. The Morgan fingerprint density at radius 2 is 1.73 bits per heavy atom. The number of nitrogens with zero attached hydrogens (tertiary/aromatic N) is 1. The highest BCUT2D eigenvalue weighted by molar-refractivity contribution is 6.02. The van der Waals surface area contributed by atoms with Crippen molar-refractivity contribution in [3.8, 4) is 11.5 Å². The third-order valence-electron chi connectivity index (χ3n) is 10.9. The van der Waals surface area contributed by atoms with Crippen LogP contribution in [0.2, 0.25) is 0 Å². The molecule has 12 heteroatoms. The molecule has 44 heavy (non-hydrogen) atoms. The van der Waals surface area contributed by atoms with Crippen LogP contribution in [0.3, 0.4) is 0 Å². The number of carboxylic acids is 2. The molecule has 1 spiro atoms. The van der Waals surface area contributed by atoms with E-state index in [0.717, 1.165) is 17.7 Å². The second kappa shape index (κ2) is 10.7. The van der Waals surface area contributed by atoms with Gasteiger partial charge in [-0.05, 0) is 43.6 Å². The third kappa shape index (κ3) is 4.68.